The second-order valence-electron chi connectivity index (χ2n) is 3.08. The molecule has 0 aliphatic carbocycles. The minimum absolute atomic E-state index is 0.335. The Hall–Kier alpha value is -0.390. The maximum Gasteiger partial charge on any atom is 0.307 e. The highest BCUT2D eigenvalue weighted by Crippen LogP contribution is 2.21. The summed E-state index contributed by atoms with van der Waals surface area (Å²) in [5.74, 6) is -1.09. The van der Waals surface area contributed by atoms with Crippen LogP contribution < -0.4 is 5.32 Å². The van der Waals surface area contributed by atoms with E-state index in [1.807, 2.05) is 12.1 Å². The van der Waals surface area contributed by atoms with Crippen molar-refractivity contribution in [1.82, 2.24) is 5.32 Å². The van der Waals surface area contributed by atoms with Crippen LogP contribution in [0.4, 0.5) is 0 Å². The zero-order chi connectivity index (χ0) is 10.6. The normalized spacial score (nSPS) is 12.7. The van der Waals surface area contributed by atoms with E-state index in [0.717, 1.165) is 10.3 Å². The Morgan fingerprint density at radius 2 is 2.43 bits per heavy atom. The first-order valence-electron chi connectivity index (χ1n) is 4.27. The van der Waals surface area contributed by atoms with E-state index >= 15 is 0 Å². The Bertz CT molecular complexity index is 314. The summed E-state index contributed by atoms with van der Waals surface area (Å²) in [5.41, 5.74) is 0. The number of halogens is 1. The quantitative estimate of drug-likeness (QED) is 0.869. The van der Waals surface area contributed by atoms with Gasteiger partial charge in [0.05, 0.1) is 9.70 Å². The van der Waals surface area contributed by atoms with Crippen LogP contribution in [0.15, 0.2) is 15.9 Å². The molecule has 0 amide bonds. The summed E-state index contributed by atoms with van der Waals surface area (Å²) < 4.78 is 1.10. The first-order chi connectivity index (χ1) is 6.59. The highest BCUT2D eigenvalue weighted by Gasteiger charge is 2.09. The van der Waals surface area contributed by atoms with Gasteiger partial charge in [0.15, 0.2) is 0 Å². The van der Waals surface area contributed by atoms with E-state index in [4.69, 9.17) is 5.11 Å². The molecule has 0 aliphatic heterocycles. The Morgan fingerprint density at radius 1 is 1.71 bits per heavy atom. The van der Waals surface area contributed by atoms with Crippen molar-refractivity contribution in [2.45, 2.75) is 13.5 Å². The smallest absolute Gasteiger partial charge is 0.307 e. The number of carboxylic acid groups (broad SMARTS) is 1. The third-order valence-electron chi connectivity index (χ3n) is 1.80. The van der Waals surface area contributed by atoms with E-state index < -0.39 is 5.97 Å². The van der Waals surface area contributed by atoms with Crippen LogP contribution in [0.2, 0.25) is 0 Å². The monoisotopic (exact) mass is 277 g/mol. The van der Waals surface area contributed by atoms with E-state index in [1.54, 1.807) is 18.3 Å². The number of carboxylic acids is 1. The molecule has 14 heavy (non-hydrogen) atoms. The van der Waals surface area contributed by atoms with E-state index in [9.17, 15) is 4.79 Å². The molecule has 1 aromatic heterocycles. The van der Waals surface area contributed by atoms with Gasteiger partial charge in [-0.3, -0.25) is 4.79 Å². The molecular weight excluding hydrogens is 266 g/mol. The molecule has 2 N–H and O–H groups in total. The molecular formula is C9H12BrNO2S. The number of carbonyl (C=O) groups is 1. The number of rotatable bonds is 5. The molecule has 78 valence electrons. The van der Waals surface area contributed by atoms with Crippen molar-refractivity contribution in [1.29, 1.82) is 0 Å². The molecule has 0 spiro atoms. The van der Waals surface area contributed by atoms with Gasteiger partial charge in [-0.25, -0.2) is 0 Å². The predicted molar refractivity (Wildman–Crippen MR) is 60.5 cm³/mol. The van der Waals surface area contributed by atoms with Gasteiger partial charge in [-0.2, -0.15) is 0 Å². The summed E-state index contributed by atoms with van der Waals surface area (Å²) in [6.45, 7) is 2.93. The molecule has 1 atom stereocenters. The van der Waals surface area contributed by atoms with Gasteiger partial charge < -0.3 is 10.4 Å². The topological polar surface area (TPSA) is 49.3 Å². The second-order valence-corrected chi connectivity index (χ2v) is 5.62. The minimum Gasteiger partial charge on any atom is -0.481 e. The zero-order valence-corrected chi connectivity index (χ0v) is 10.2. The van der Waals surface area contributed by atoms with Crippen LogP contribution in [0.5, 0.6) is 0 Å². The second kappa shape index (κ2) is 5.48. The summed E-state index contributed by atoms with van der Waals surface area (Å²) in [6, 6.07) is 4.01. The lowest BCUT2D eigenvalue weighted by molar-refractivity contribution is -0.140. The molecule has 1 rings (SSSR count). The fourth-order valence-corrected chi connectivity index (χ4v) is 2.40. The van der Waals surface area contributed by atoms with Crippen LogP contribution in [0, 0.1) is 5.92 Å². The summed E-state index contributed by atoms with van der Waals surface area (Å²) >= 11 is 5.03. The first-order valence-corrected chi connectivity index (χ1v) is 5.88. The van der Waals surface area contributed by atoms with Gasteiger partial charge in [-0.15, -0.1) is 11.3 Å². The lowest BCUT2D eigenvalue weighted by Gasteiger charge is -2.06. The average Bonchev–Trinajstić information content (AvgIpc) is 2.51. The van der Waals surface area contributed by atoms with Crippen LogP contribution in [0.3, 0.4) is 0 Å². The summed E-state index contributed by atoms with van der Waals surface area (Å²) in [6.07, 6.45) is 0. The Balaban J connectivity index is 2.25. The Labute approximate surface area is 95.3 Å². The number of aliphatic carboxylic acids is 1. The lowest BCUT2D eigenvalue weighted by atomic mass is 10.2. The lowest BCUT2D eigenvalue weighted by Crippen LogP contribution is -2.25. The SMILES string of the molecule is C[C@@H](CNCc1ccc(Br)s1)C(=O)O. The standard InChI is InChI=1S/C9H12BrNO2S/c1-6(9(12)13)4-11-5-7-2-3-8(10)14-7/h2-3,6,11H,4-5H2,1H3,(H,12,13)/t6-/m0/s1. The zero-order valence-electron chi connectivity index (χ0n) is 7.79. The van der Waals surface area contributed by atoms with Gasteiger partial charge in [0.1, 0.15) is 0 Å². The fourth-order valence-electron chi connectivity index (χ4n) is 0.946. The molecule has 5 heteroatoms. The highest BCUT2D eigenvalue weighted by atomic mass is 79.9. The molecule has 0 bridgehead atoms. The van der Waals surface area contributed by atoms with Gasteiger partial charge in [0.25, 0.3) is 0 Å². The van der Waals surface area contributed by atoms with Crippen molar-refractivity contribution in [3.05, 3.63) is 20.8 Å². The minimum atomic E-state index is -0.759. The van der Waals surface area contributed by atoms with Crippen molar-refractivity contribution in [3.63, 3.8) is 0 Å². The molecule has 1 aromatic rings. The van der Waals surface area contributed by atoms with Crippen molar-refractivity contribution in [2.75, 3.05) is 6.54 Å². The van der Waals surface area contributed by atoms with E-state index in [1.165, 1.54) is 4.88 Å². The van der Waals surface area contributed by atoms with Crippen LogP contribution in [-0.2, 0) is 11.3 Å². The number of hydrogen-bond donors (Lipinski definition) is 2. The van der Waals surface area contributed by atoms with Gasteiger partial charge >= 0.3 is 5.97 Å². The van der Waals surface area contributed by atoms with Crippen LogP contribution in [0.25, 0.3) is 0 Å². The van der Waals surface area contributed by atoms with E-state index in [0.29, 0.717) is 6.54 Å². The van der Waals surface area contributed by atoms with Crippen LogP contribution >= 0.6 is 27.3 Å². The number of thiophene rings is 1. The summed E-state index contributed by atoms with van der Waals surface area (Å²) in [5, 5.41) is 11.7. The van der Waals surface area contributed by atoms with Crippen LogP contribution in [-0.4, -0.2) is 17.6 Å². The van der Waals surface area contributed by atoms with Crippen molar-refractivity contribution in [2.24, 2.45) is 5.92 Å². The maximum absolute atomic E-state index is 10.5. The fraction of sp³-hybridized carbons (Fsp3) is 0.444. The first kappa shape index (κ1) is 11.7. The number of nitrogens with one attached hydrogen (secondary N) is 1. The van der Waals surface area contributed by atoms with E-state index in [-0.39, 0.29) is 5.92 Å². The van der Waals surface area contributed by atoms with Crippen molar-refractivity contribution in [3.8, 4) is 0 Å². The van der Waals surface area contributed by atoms with Gasteiger partial charge in [0, 0.05) is 18.0 Å². The molecule has 1 heterocycles. The number of hydrogen-bond acceptors (Lipinski definition) is 3. The Kier molecular flexibility index (Phi) is 4.57. The molecule has 3 nitrogen and oxygen atoms in total. The molecule has 0 saturated carbocycles. The molecule has 0 fully saturated rings. The molecule has 0 unspecified atom stereocenters. The third-order valence-corrected chi connectivity index (χ3v) is 3.42. The molecule has 0 aliphatic rings. The summed E-state index contributed by atoms with van der Waals surface area (Å²) in [7, 11) is 0. The molecule has 0 aromatic carbocycles. The van der Waals surface area contributed by atoms with Gasteiger partial charge in [-0.05, 0) is 28.1 Å². The van der Waals surface area contributed by atoms with Crippen molar-refractivity contribution < 1.29 is 9.90 Å². The maximum atomic E-state index is 10.5. The van der Waals surface area contributed by atoms with Gasteiger partial charge in [-0.1, -0.05) is 6.92 Å². The average molecular weight is 278 g/mol. The van der Waals surface area contributed by atoms with Crippen molar-refractivity contribution >= 4 is 33.2 Å². The highest BCUT2D eigenvalue weighted by molar-refractivity contribution is 9.11. The largest absolute Gasteiger partial charge is 0.481 e. The predicted octanol–water partition coefficient (Wildman–Crippen LogP) is 2.32. The van der Waals surface area contributed by atoms with E-state index in [2.05, 4.69) is 21.2 Å². The molecule has 0 radical (unpaired) electrons. The molecule has 0 saturated heterocycles. The Morgan fingerprint density at radius 3 is 2.93 bits per heavy atom. The summed E-state index contributed by atoms with van der Waals surface area (Å²) in [4.78, 5) is 11.7. The van der Waals surface area contributed by atoms with Crippen LogP contribution in [0.1, 0.15) is 11.8 Å². The van der Waals surface area contributed by atoms with Gasteiger partial charge in [0.2, 0.25) is 0 Å². The third kappa shape index (κ3) is 3.77.